The highest BCUT2D eigenvalue weighted by Crippen LogP contribution is 2.42. The molecule has 10 heteroatoms. The summed E-state index contributed by atoms with van der Waals surface area (Å²) in [5, 5.41) is 19.7. The van der Waals surface area contributed by atoms with E-state index in [0.717, 1.165) is 21.2 Å². The summed E-state index contributed by atoms with van der Waals surface area (Å²) >= 11 is 1.46. The molecule has 0 aliphatic carbocycles. The number of ether oxygens (including phenoxy) is 1. The number of benzene rings is 2. The van der Waals surface area contributed by atoms with E-state index in [1.165, 1.54) is 22.3 Å². The number of thiophene rings is 1. The van der Waals surface area contributed by atoms with Crippen molar-refractivity contribution < 1.29 is 14.2 Å². The van der Waals surface area contributed by atoms with Crippen molar-refractivity contribution in [2.45, 2.75) is 6.92 Å². The maximum Gasteiger partial charge on any atom is 0.246 e. The van der Waals surface area contributed by atoms with Crippen LogP contribution in [0.5, 0.6) is 5.75 Å². The Labute approximate surface area is 198 Å². The van der Waals surface area contributed by atoms with Gasteiger partial charge < -0.3 is 9.84 Å². The minimum atomic E-state index is -0.502. The van der Waals surface area contributed by atoms with Crippen LogP contribution in [0.4, 0.5) is 10.3 Å². The second-order valence-corrected chi connectivity index (χ2v) is 8.36. The molecule has 0 saturated heterocycles. The number of aliphatic hydroxyl groups is 1. The number of halogens is 1. The Bertz CT molecular complexity index is 1420. The van der Waals surface area contributed by atoms with Crippen LogP contribution in [0.1, 0.15) is 6.92 Å². The molecular weight excluding hydrogens is 455 g/mol. The standard InChI is InChI=1S/C24H21FN6O2S/c1-2-30(31-11-10-27-29-31)24-26-15-19(25)22(28-24)21-14-16-6-5-8-18(23(16)34-21)17-7-3-4-9-20(17)33-13-12-32/h3-11,14-15,32H,2,12-13H2,1H3. The third kappa shape index (κ3) is 4.09. The highest BCUT2D eigenvalue weighted by atomic mass is 32.1. The van der Waals surface area contributed by atoms with E-state index in [1.54, 1.807) is 17.4 Å². The molecule has 0 fully saturated rings. The lowest BCUT2D eigenvalue weighted by molar-refractivity contribution is 0.202. The van der Waals surface area contributed by atoms with E-state index in [1.807, 2.05) is 55.5 Å². The number of aromatic nitrogens is 5. The van der Waals surface area contributed by atoms with Crippen molar-refractivity contribution in [3.63, 3.8) is 0 Å². The molecule has 3 aromatic heterocycles. The Balaban J connectivity index is 1.60. The van der Waals surface area contributed by atoms with Crippen molar-refractivity contribution in [2.75, 3.05) is 24.8 Å². The summed E-state index contributed by atoms with van der Waals surface area (Å²) in [4.78, 5) is 10.9. The molecule has 5 rings (SSSR count). The van der Waals surface area contributed by atoms with E-state index in [-0.39, 0.29) is 18.9 Å². The highest BCUT2D eigenvalue weighted by molar-refractivity contribution is 7.22. The van der Waals surface area contributed by atoms with Crippen LogP contribution < -0.4 is 9.75 Å². The van der Waals surface area contributed by atoms with Crippen LogP contribution in [-0.2, 0) is 0 Å². The quantitative estimate of drug-likeness (QED) is 0.355. The van der Waals surface area contributed by atoms with Crippen LogP contribution in [0, 0.1) is 5.82 Å². The van der Waals surface area contributed by atoms with Crippen molar-refractivity contribution >= 4 is 27.4 Å². The Morgan fingerprint density at radius 2 is 2.00 bits per heavy atom. The van der Waals surface area contributed by atoms with E-state index in [9.17, 15) is 9.50 Å². The summed E-state index contributed by atoms with van der Waals surface area (Å²) in [7, 11) is 0. The second kappa shape index (κ2) is 9.54. The smallest absolute Gasteiger partial charge is 0.246 e. The molecule has 0 bridgehead atoms. The van der Waals surface area contributed by atoms with Crippen LogP contribution in [0.3, 0.4) is 0 Å². The summed E-state index contributed by atoms with van der Waals surface area (Å²) in [5.74, 6) is 0.504. The number of aliphatic hydroxyl groups excluding tert-OH is 1. The van der Waals surface area contributed by atoms with Gasteiger partial charge in [0.1, 0.15) is 18.1 Å². The van der Waals surface area contributed by atoms with Gasteiger partial charge >= 0.3 is 0 Å². The van der Waals surface area contributed by atoms with E-state index in [0.29, 0.717) is 23.1 Å². The molecule has 0 saturated carbocycles. The highest BCUT2D eigenvalue weighted by Gasteiger charge is 2.19. The van der Waals surface area contributed by atoms with Gasteiger partial charge in [-0.15, -0.1) is 16.4 Å². The SMILES string of the molecule is CCN(c1ncc(F)c(-c2cc3cccc(-c4ccccc4OCCO)c3s2)n1)n1ccnn1. The largest absolute Gasteiger partial charge is 0.491 e. The van der Waals surface area contributed by atoms with Crippen molar-refractivity contribution in [3.05, 3.63) is 72.9 Å². The van der Waals surface area contributed by atoms with Gasteiger partial charge in [0.05, 0.1) is 30.1 Å². The Morgan fingerprint density at radius 1 is 1.15 bits per heavy atom. The third-order valence-electron chi connectivity index (χ3n) is 5.22. The fourth-order valence-corrected chi connectivity index (χ4v) is 4.90. The molecule has 0 aliphatic rings. The summed E-state index contributed by atoms with van der Waals surface area (Å²) in [6, 6.07) is 15.6. The first-order valence-corrected chi connectivity index (χ1v) is 11.5. The normalized spacial score (nSPS) is 11.1. The number of hydrogen-bond donors (Lipinski definition) is 1. The van der Waals surface area contributed by atoms with Crippen molar-refractivity contribution in [3.8, 4) is 27.4 Å². The molecule has 0 spiro atoms. The average molecular weight is 477 g/mol. The predicted octanol–water partition coefficient (Wildman–Crippen LogP) is 4.42. The molecule has 0 radical (unpaired) electrons. The van der Waals surface area contributed by atoms with Crippen LogP contribution in [0.25, 0.3) is 31.8 Å². The Kier molecular flexibility index (Phi) is 6.15. The Morgan fingerprint density at radius 3 is 2.79 bits per heavy atom. The van der Waals surface area contributed by atoms with Gasteiger partial charge in [-0.1, -0.05) is 36.4 Å². The van der Waals surface area contributed by atoms with Gasteiger partial charge in [-0.05, 0) is 29.7 Å². The summed E-state index contributed by atoms with van der Waals surface area (Å²) < 4.78 is 21.6. The number of anilines is 1. The fourth-order valence-electron chi connectivity index (χ4n) is 3.73. The molecule has 0 unspecified atom stereocenters. The number of nitrogens with zero attached hydrogens (tertiary/aromatic N) is 6. The van der Waals surface area contributed by atoms with Gasteiger partial charge in [-0.3, -0.25) is 0 Å². The third-order valence-corrected chi connectivity index (χ3v) is 6.41. The second-order valence-electron chi connectivity index (χ2n) is 7.31. The lowest BCUT2D eigenvalue weighted by atomic mass is 10.0. The molecule has 0 atom stereocenters. The van der Waals surface area contributed by atoms with E-state index < -0.39 is 5.82 Å². The lowest BCUT2D eigenvalue weighted by Crippen LogP contribution is -2.31. The monoisotopic (exact) mass is 476 g/mol. The summed E-state index contributed by atoms with van der Waals surface area (Å²) in [5.41, 5.74) is 2.09. The van der Waals surface area contributed by atoms with Gasteiger partial charge in [0.15, 0.2) is 5.82 Å². The zero-order valence-electron chi connectivity index (χ0n) is 18.3. The number of rotatable bonds is 8. The first kappa shape index (κ1) is 21.9. The van der Waals surface area contributed by atoms with Crippen molar-refractivity contribution in [1.82, 2.24) is 25.1 Å². The summed E-state index contributed by atoms with van der Waals surface area (Å²) in [6.45, 7) is 2.59. The van der Waals surface area contributed by atoms with Gasteiger partial charge in [0.2, 0.25) is 5.95 Å². The molecule has 34 heavy (non-hydrogen) atoms. The molecule has 172 valence electrons. The minimum Gasteiger partial charge on any atom is -0.491 e. The lowest BCUT2D eigenvalue weighted by Gasteiger charge is -2.19. The van der Waals surface area contributed by atoms with Gasteiger partial charge in [-0.25, -0.2) is 19.4 Å². The first-order valence-electron chi connectivity index (χ1n) is 10.7. The molecule has 2 aromatic carbocycles. The van der Waals surface area contributed by atoms with Crippen LogP contribution in [0.2, 0.25) is 0 Å². The zero-order valence-corrected chi connectivity index (χ0v) is 19.1. The molecule has 8 nitrogen and oxygen atoms in total. The van der Waals surface area contributed by atoms with Gasteiger partial charge in [0.25, 0.3) is 0 Å². The summed E-state index contributed by atoms with van der Waals surface area (Å²) in [6.07, 6.45) is 4.42. The van der Waals surface area contributed by atoms with Crippen molar-refractivity contribution in [1.29, 1.82) is 0 Å². The maximum absolute atomic E-state index is 14.9. The van der Waals surface area contributed by atoms with Crippen LogP contribution in [0.15, 0.2) is 67.1 Å². The minimum absolute atomic E-state index is 0.0691. The number of hydrogen-bond acceptors (Lipinski definition) is 8. The number of para-hydroxylation sites is 1. The molecular formula is C24H21FN6O2S. The van der Waals surface area contributed by atoms with Gasteiger partial charge in [-0.2, -0.15) is 4.79 Å². The maximum atomic E-state index is 14.9. The van der Waals surface area contributed by atoms with Crippen molar-refractivity contribution in [2.24, 2.45) is 0 Å². The molecule has 5 aromatic rings. The number of fused-ring (bicyclic) bond motifs is 1. The Hall–Kier alpha value is -3.89. The van der Waals surface area contributed by atoms with Gasteiger partial charge in [0, 0.05) is 22.4 Å². The average Bonchev–Trinajstić information content (AvgIpc) is 3.54. The van der Waals surface area contributed by atoms with E-state index in [4.69, 9.17) is 4.74 Å². The fraction of sp³-hybridized carbons (Fsp3) is 0.167. The molecule has 3 heterocycles. The van der Waals surface area contributed by atoms with Crippen LogP contribution in [-0.4, -0.2) is 49.9 Å². The predicted molar refractivity (Wildman–Crippen MR) is 129 cm³/mol. The van der Waals surface area contributed by atoms with E-state index in [2.05, 4.69) is 20.3 Å². The molecule has 0 aliphatic heterocycles. The molecule has 1 N–H and O–H groups in total. The van der Waals surface area contributed by atoms with E-state index >= 15 is 0 Å². The van der Waals surface area contributed by atoms with Crippen LogP contribution >= 0.6 is 11.3 Å². The molecule has 0 amide bonds. The first-order chi connectivity index (χ1) is 16.7. The zero-order chi connectivity index (χ0) is 23.5. The topological polar surface area (TPSA) is 89.2 Å².